The Labute approximate surface area is 384 Å². The minimum atomic E-state index is 0.122. The highest BCUT2D eigenvalue weighted by Gasteiger charge is 2.17. The van der Waals surface area contributed by atoms with E-state index < -0.39 is 0 Å². The summed E-state index contributed by atoms with van der Waals surface area (Å²) in [4.78, 5) is 0. The molecule has 5 aromatic carbocycles. The van der Waals surface area contributed by atoms with Crippen molar-refractivity contribution in [3.63, 3.8) is 0 Å². The largest absolute Gasteiger partial charge is 0.0679 e. The predicted octanol–water partition coefficient (Wildman–Crippen LogP) is 18.6. The summed E-state index contributed by atoms with van der Waals surface area (Å²) in [6, 6.07) is 39.8. The molecule has 0 aliphatic rings. The van der Waals surface area contributed by atoms with Crippen LogP contribution in [0.5, 0.6) is 0 Å². The summed E-state index contributed by atoms with van der Waals surface area (Å²) < 4.78 is 0. The summed E-state index contributed by atoms with van der Waals surface area (Å²) in [5.74, 6) is 0. The van der Waals surface area contributed by atoms with Crippen molar-refractivity contribution in [3.05, 3.63) is 194 Å². The highest BCUT2D eigenvalue weighted by atomic mass is 14.2. The van der Waals surface area contributed by atoms with Crippen molar-refractivity contribution in [2.75, 3.05) is 0 Å². The van der Waals surface area contributed by atoms with E-state index in [1.54, 1.807) is 0 Å². The van der Waals surface area contributed by atoms with E-state index in [1.807, 2.05) is 0 Å². The zero-order valence-electron chi connectivity index (χ0n) is 41.7. The summed E-state index contributed by atoms with van der Waals surface area (Å²) in [5, 5.41) is 0. The highest BCUT2D eigenvalue weighted by molar-refractivity contribution is 5.88. The van der Waals surface area contributed by atoms with E-state index in [0.29, 0.717) is 0 Å². The second kappa shape index (κ2) is 21.9. The van der Waals surface area contributed by atoms with Crippen molar-refractivity contribution in [1.82, 2.24) is 0 Å². The Morgan fingerprint density at radius 2 is 1.03 bits per heavy atom. The van der Waals surface area contributed by atoms with Crippen LogP contribution < -0.4 is 0 Å². The Hall–Kier alpha value is -5.20. The Balaban J connectivity index is 1.61. The van der Waals surface area contributed by atoms with Gasteiger partial charge in [-0.15, -0.1) is 0 Å². The Kier molecular flexibility index (Phi) is 17.0. The summed E-state index contributed by atoms with van der Waals surface area (Å²) in [6.07, 6.45) is 19.3. The van der Waals surface area contributed by atoms with Gasteiger partial charge in [0.05, 0.1) is 0 Å². The minimum Gasteiger partial charge on any atom is -0.0679 e. The summed E-state index contributed by atoms with van der Waals surface area (Å²) >= 11 is 0. The van der Waals surface area contributed by atoms with Crippen molar-refractivity contribution >= 4 is 28.4 Å². The van der Waals surface area contributed by atoms with E-state index in [4.69, 9.17) is 0 Å². The number of aryl methyl sites for hydroxylation is 4. The van der Waals surface area contributed by atoms with Gasteiger partial charge in [0.1, 0.15) is 0 Å². The van der Waals surface area contributed by atoms with Crippen LogP contribution in [-0.4, -0.2) is 0 Å². The number of hydrogen-bond donors (Lipinski definition) is 0. The van der Waals surface area contributed by atoms with Crippen LogP contribution in [0.2, 0.25) is 0 Å². The Bertz CT molecular complexity index is 2470. The van der Waals surface area contributed by atoms with E-state index in [2.05, 4.69) is 230 Å². The van der Waals surface area contributed by atoms with Crippen molar-refractivity contribution in [2.45, 2.75) is 147 Å². The van der Waals surface area contributed by atoms with Gasteiger partial charge >= 0.3 is 0 Å². The molecule has 0 amide bonds. The lowest BCUT2D eigenvalue weighted by atomic mass is 9.84. The molecular weight excluding hydrogens is 757 g/mol. The number of hydrogen-bond acceptors (Lipinski definition) is 0. The van der Waals surface area contributed by atoms with Crippen LogP contribution in [0, 0.1) is 19.3 Å². The molecule has 0 heteroatoms. The van der Waals surface area contributed by atoms with E-state index in [-0.39, 0.29) is 10.8 Å². The third kappa shape index (κ3) is 13.4. The Morgan fingerprint density at radius 3 is 1.59 bits per heavy atom. The van der Waals surface area contributed by atoms with E-state index in [9.17, 15) is 0 Å². The fourth-order valence-electron chi connectivity index (χ4n) is 8.32. The fourth-order valence-corrected chi connectivity index (χ4v) is 8.32. The standard InChI is InChI=1S/C63H78/c1-15-18-49-24-26-51(27-25-49)41-56(53-31-28-50(19-16-2)29-32-53)43-57-42-55(34-36-59(57)45(5)21-23-48(8)62(9,10)11)52(20-17-3)30-22-44(4)54-33-37-60(46(6)39-54)61-38-35-58(40-47(61)7)63(12,13)14/h21-40,42-43H,15-20,41H2,1-14H3/b44-22+,45-21+,48-23+,52-30+,56-43+. The van der Waals surface area contributed by atoms with Crippen LogP contribution in [0.1, 0.15) is 170 Å². The van der Waals surface area contributed by atoms with Gasteiger partial charge in [-0.05, 0) is 172 Å². The molecule has 0 N–H and O–H groups in total. The third-order valence-corrected chi connectivity index (χ3v) is 12.9. The summed E-state index contributed by atoms with van der Waals surface area (Å²) in [5.41, 5.74) is 24.1. The molecule has 0 atom stereocenters. The minimum absolute atomic E-state index is 0.122. The fraction of sp³-hybridized carbons (Fsp3) is 0.365. The van der Waals surface area contributed by atoms with Gasteiger partial charge in [-0.2, -0.15) is 0 Å². The molecular formula is C63H78. The molecule has 330 valence electrons. The first kappa shape index (κ1) is 48.8. The van der Waals surface area contributed by atoms with Gasteiger partial charge in [-0.1, -0.05) is 215 Å². The third-order valence-electron chi connectivity index (χ3n) is 12.9. The molecule has 0 bridgehead atoms. The van der Waals surface area contributed by atoms with E-state index in [1.165, 1.54) is 100 Å². The lowest BCUT2D eigenvalue weighted by molar-refractivity contribution is 0.504. The number of rotatable bonds is 16. The predicted molar refractivity (Wildman–Crippen MR) is 282 cm³/mol. The van der Waals surface area contributed by atoms with Gasteiger partial charge in [0.25, 0.3) is 0 Å². The second-order valence-electron chi connectivity index (χ2n) is 20.2. The van der Waals surface area contributed by atoms with Gasteiger partial charge < -0.3 is 0 Å². The zero-order chi connectivity index (χ0) is 45.9. The SMILES string of the molecule is CCC/C(=C\C=C(/C)c1ccc(-c2ccc(C(C)(C)C)cc2C)c(C)c1)c1ccc(/C(C)=C/C=C(\C)C(C)(C)C)c(/C=C(\Cc2ccc(CCC)cc2)c2ccc(CCC)cc2)c1. The zero-order valence-corrected chi connectivity index (χ0v) is 41.7. The van der Waals surface area contributed by atoms with Gasteiger partial charge in [0, 0.05) is 0 Å². The summed E-state index contributed by atoms with van der Waals surface area (Å²) in [6.45, 7) is 31.8. The Morgan fingerprint density at radius 1 is 0.492 bits per heavy atom. The van der Waals surface area contributed by atoms with E-state index >= 15 is 0 Å². The lowest BCUT2D eigenvalue weighted by Gasteiger charge is -2.21. The molecule has 0 radical (unpaired) electrons. The topological polar surface area (TPSA) is 0 Å². The monoisotopic (exact) mass is 835 g/mol. The first-order valence-electron chi connectivity index (χ1n) is 23.9. The van der Waals surface area contributed by atoms with Crippen LogP contribution >= 0.6 is 0 Å². The molecule has 5 rings (SSSR count). The van der Waals surface area contributed by atoms with Gasteiger partial charge in [-0.3, -0.25) is 0 Å². The van der Waals surface area contributed by atoms with Crippen LogP contribution in [0.25, 0.3) is 39.5 Å². The smallest absolute Gasteiger partial charge is 0.00196 e. The average Bonchev–Trinajstić information content (AvgIpc) is 3.24. The van der Waals surface area contributed by atoms with Crippen LogP contribution in [0.4, 0.5) is 0 Å². The normalized spacial score (nSPS) is 13.5. The molecule has 0 aromatic heterocycles. The first-order valence-corrected chi connectivity index (χ1v) is 23.9. The number of allylic oxidation sites excluding steroid dienone is 9. The molecule has 0 aliphatic heterocycles. The van der Waals surface area contributed by atoms with Gasteiger partial charge in [0.2, 0.25) is 0 Å². The first-order chi connectivity index (χ1) is 29.9. The summed E-state index contributed by atoms with van der Waals surface area (Å²) in [7, 11) is 0. The van der Waals surface area contributed by atoms with Crippen molar-refractivity contribution in [3.8, 4) is 11.1 Å². The highest BCUT2D eigenvalue weighted by Crippen LogP contribution is 2.35. The number of benzene rings is 5. The molecule has 0 nitrogen and oxygen atoms in total. The molecule has 0 saturated heterocycles. The molecule has 0 heterocycles. The maximum Gasteiger partial charge on any atom is -0.00196 e. The van der Waals surface area contributed by atoms with Gasteiger partial charge in [-0.25, -0.2) is 0 Å². The average molecular weight is 835 g/mol. The van der Waals surface area contributed by atoms with Crippen LogP contribution in [0.15, 0.2) is 133 Å². The maximum absolute atomic E-state index is 2.48. The van der Waals surface area contributed by atoms with Crippen molar-refractivity contribution in [1.29, 1.82) is 0 Å². The molecule has 0 spiro atoms. The lowest BCUT2D eigenvalue weighted by Crippen LogP contribution is -2.11. The molecule has 0 fully saturated rings. The van der Waals surface area contributed by atoms with Crippen molar-refractivity contribution in [2.24, 2.45) is 5.41 Å². The molecule has 5 aromatic rings. The van der Waals surface area contributed by atoms with Crippen LogP contribution in [-0.2, 0) is 24.7 Å². The molecule has 0 unspecified atom stereocenters. The maximum atomic E-state index is 2.48. The van der Waals surface area contributed by atoms with Gasteiger partial charge in [0.15, 0.2) is 0 Å². The van der Waals surface area contributed by atoms with E-state index in [0.717, 1.165) is 44.9 Å². The molecule has 63 heavy (non-hydrogen) atoms. The van der Waals surface area contributed by atoms with Crippen molar-refractivity contribution < 1.29 is 0 Å². The second-order valence-corrected chi connectivity index (χ2v) is 20.2. The molecule has 0 aliphatic carbocycles. The quantitative estimate of drug-likeness (QED) is 0.0686. The molecule has 0 saturated carbocycles. The van der Waals surface area contributed by atoms with Crippen LogP contribution in [0.3, 0.4) is 0 Å².